The molecule has 1 aromatic rings. The summed E-state index contributed by atoms with van der Waals surface area (Å²) in [6, 6.07) is 4.18. The van der Waals surface area contributed by atoms with E-state index in [1.54, 1.807) is 0 Å². The van der Waals surface area contributed by atoms with Crippen molar-refractivity contribution in [1.82, 2.24) is 4.90 Å². The van der Waals surface area contributed by atoms with Crippen LogP contribution in [0.15, 0.2) is 23.4 Å². The first kappa shape index (κ1) is 14.0. The van der Waals surface area contributed by atoms with Crippen molar-refractivity contribution in [2.45, 2.75) is 12.8 Å². The van der Waals surface area contributed by atoms with Crippen LogP contribution < -0.4 is 5.73 Å². The molecule has 0 bridgehead atoms. The zero-order valence-corrected chi connectivity index (χ0v) is 10.9. The summed E-state index contributed by atoms with van der Waals surface area (Å²) >= 11 is 0. The van der Waals surface area contributed by atoms with Gasteiger partial charge in [0.05, 0.1) is 0 Å². The molecule has 0 atom stereocenters. The molecular weight excluding hydrogens is 262 g/mol. The molecule has 1 aliphatic rings. The predicted molar refractivity (Wildman–Crippen MR) is 71.8 cm³/mol. The molecule has 1 aliphatic heterocycles. The van der Waals surface area contributed by atoms with Gasteiger partial charge >= 0.3 is 0 Å². The van der Waals surface area contributed by atoms with Crippen LogP contribution in [-0.2, 0) is 0 Å². The summed E-state index contributed by atoms with van der Waals surface area (Å²) in [4.78, 5) is 13.8. The second-order valence-corrected chi connectivity index (χ2v) is 4.76. The van der Waals surface area contributed by atoms with Crippen molar-refractivity contribution in [3.05, 3.63) is 23.8 Å². The molecule has 20 heavy (non-hydrogen) atoms. The van der Waals surface area contributed by atoms with Gasteiger partial charge in [0.25, 0.3) is 5.91 Å². The Morgan fingerprint density at radius 1 is 1.25 bits per heavy atom. The summed E-state index contributed by atoms with van der Waals surface area (Å²) in [7, 11) is 0. The lowest BCUT2D eigenvalue weighted by molar-refractivity contribution is 0.0703. The maximum atomic E-state index is 12.3. The van der Waals surface area contributed by atoms with E-state index >= 15 is 0 Å². The molecule has 1 amide bonds. The second kappa shape index (κ2) is 5.68. The van der Waals surface area contributed by atoms with Gasteiger partial charge in [-0.1, -0.05) is 11.2 Å². The van der Waals surface area contributed by atoms with E-state index in [2.05, 4.69) is 5.16 Å². The molecule has 1 aromatic carbocycles. The predicted octanol–water partition coefficient (Wildman–Crippen LogP) is 0.696. The lowest BCUT2D eigenvalue weighted by Gasteiger charge is -2.31. The lowest BCUT2D eigenvalue weighted by atomic mass is 9.95. The summed E-state index contributed by atoms with van der Waals surface area (Å²) in [5.74, 6) is -0.787. The minimum absolute atomic E-state index is 0.0537. The Hall–Kier alpha value is -2.44. The molecule has 7 heteroatoms. The summed E-state index contributed by atoms with van der Waals surface area (Å²) < 4.78 is 0. The molecule has 108 valence electrons. The van der Waals surface area contributed by atoms with Gasteiger partial charge in [-0.3, -0.25) is 4.79 Å². The van der Waals surface area contributed by atoms with Gasteiger partial charge in [0.1, 0.15) is 22.9 Å². The Morgan fingerprint density at radius 2 is 1.80 bits per heavy atom. The highest BCUT2D eigenvalue weighted by Gasteiger charge is 2.28. The fraction of sp³-hybridized carbons (Fsp3) is 0.385. The van der Waals surface area contributed by atoms with Crippen molar-refractivity contribution in [3.8, 4) is 11.5 Å². The van der Waals surface area contributed by atoms with E-state index in [-0.39, 0.29) is 28.8 Å². The van der Waals surface area contributed by atoms with E-state index < -0.39 is 5.91 Å². The van der Waals surface area contributed by atoms with Crippen LogP contribution in [0, 0.1) is 5.92 Å². The van der Waals surface area contributed by atoms with Crippen molar-refractivity contribution in [2.75, 3.05) is 13.1 Å². The topological polar surface area (TPSA) is 119 Å². The summed E-state index contributed by atoms with van der Waals surface area (Å²) in [6.45, 7) is 0.848. The van der Waals surface area contributed by atoms with E-state index in [0.717, 1.165) is 0 Å². The number of nitrogens with two attached hydrogens (primary N) is 1. The molecule has 1 heterocycles. The van der Waals surface area contributed by atoms with Crippen LogP contribution in [0.4, 0.5) is 0 Å². The molecule has 0 aliphatic carbocycles. The van der Waals surface area contributed by atoms with E-state index in [1.165, 1.54) is 23.1 Å². The highest BCUT2D eigenvalue weighted by atomic mass is 16.4. The maximum absolute atomic E-state index is 12.3. The number of rotatable bonds is 2. The van der Waals surface area contributed by atoms with Gasteiger partial charge in [-0.25, -0.2) is 0 Å². The number of hydrogen-bond donors (Lipinski definition) is 4. The molecule has 0 saturated carbocycles. The summed E-state index contributed by atoms with van der Waals surface area (Å²) in [5, 5.41) is 31.0. The molecule has 2 rings (SSSR count). The van der Waals surface area contributed by atoms with Crippen molar-refractivity contribution in [3.63, 3.8) is 0 Å². The van der Waals surface area contributed by atoms with Crippen molar-refractivity contribution < 1.29 is 20.2 Å². The van der Waals surface area contributed by atoms with E-state index in [1.807, 2.05) is 0 Å². The lowest BCUT2D eigenvalue weighted by Crippen LogP contribution is -2.41. The first-order valence-electron chi connectivity index (χ1n) is 6.32. The summed E-state index contributed by atoms with van der Waals surface area (Å²) in [5.41, 5.74) is 5.46. The number of carbonyl (C=O) groups excluding carboxylic acids is 1. The number of phenols is 2. The molecule has 0 spiro atoms. The number of hydrogen-bond acceptors (Lipinski definition) is 5. The van der Waals surface area contributed by atoms with Crippen LogP contribution in [0.5, 0.6) is 11.5 Å². The van der Waals surface area contributed by atoms with Crippen molar-refractivity contribution in [2.24, 2.45) is 16.8 Å². The number of amides is 1. The number of carbonyl (C=O) groups is 1. The van der Waals surface area contributed by atoms with Crippen LogP contribution in [0.25, 0.3) is 0 Å². The monoisotopic (exact) mass is 279 g/mol. The SMILES string of the molecule is N/C(=N/O)C1CCN(C(=O)c2c(O)cccc2O)CC1. The van der Waals surface area contributed by atoms with Gasteiger partial charge in [0, 0.05) is 19.0 Å². The molecule has 5 N–H and O–H groups in total. The Morgan fingerprint density at radius 3 is 2.30 bits per heavy atom. The third-order valence-electron chi connectivity index (χ3n) is 3.55. The first-order valence-corrected chi connectivity index (χ1v) is 6.32. The van der Waals surface area contributed by atoms with Crippen LogP contribution in [0.3, 0.4) is 0 Å². The Kier molecular flexibility index (Phi) is 3.97. The van der Waals surface area contributed by atoms with E-state index in [0.29, 0.717) is 25.9 Å². The Bertz CT molecular complexity index is 516. The summed E-state index contributed by atoms with van der Waals surface area (Å²) in [6.07, 6.45) is 1.16. The average Bonchev–Trinajstić information content (AvgIpc) is 2.46. The van der Waals surface area contributed by atoms with Gasteiger partial charge < -0.3 is 26.1 Å². The third kappa shape index (κ3) is 2.61. The van der Waals surface area contributed by atoms with Crippen molar-refractivity contribution >= 4 is 11.7 Å². The van der Waals surface area contributed by atoms with E-state index in [9.17, 15) is 15.0 Å². The van der Waals surface area contributed by atoms with Crippen LogP contribution >= 0.6 is 0 Å². The zero-order valence-electron chi connectivity index (χ0n) is 10.9. The molecular formula is C13H17N3O4. The number of aromatic hydroxyl groups is 2. The fourth-order valence-electron chi connectivity index (χ4n) is 2.37. The molecule has 7 nitrogen and oxygen atoms in total. The maximum Gasteiger partial charge on any atom is 0.261 e. The number of phenolic OH excluding ortho intramolecular Hbond substituents is 2. The molecule has 1 fully saturated rings. The van der Waals surface area contributed by atoms with Crippen LogP contribution in [0.1, 0.15) is 23.2 Å². The number of piperidine rings is 1. The second-order valence-electron chi connectivity index (χ2n) is 4.76. The van der Waals surface area contributed by atoms with Gasteiger partial charge in [-0.05, 0) is 25.0 Å². The number of amidine groups is 1. The Balaban J connectivity index is 2.09. The van der Waals surface area contributed by atoms with Crippen molar-refractivity contribution in [1.29, 1.82) is 0 Å². The highest BCUT2D eigenvalue weighted by Crippen LogP contribution is 2.29. The van der Waals surface area contributed by atoms with Crippen LogP contribution in [-0.4, -0.2) is 45.2 Å². The fourth-order valence-corrected chi connectivity index (χ4v) is 2.37. The number of benzene rings is 1. The third-order valence-corrected chi connectivity index (χ3v) is 3.55. The van der Waals surface area contributed by atoms with Gasteiger partial charge in [0.15, 0.2) is 0 Å². The average molecular weight is 279 g/mol. The number of nitrogens with zero attached hydrogens (tertiary/aromatic N) is 2. The smallest absolute Gasteiger partial charge is 0.261 e. The minimum atomic E-state index is -0.418. The molecule has 0 aromatic heterocycles. The molecule has 0 radical (unpaired) electrons. The molecule has 1 saturated heterocycles. The van der Waals surface area contributed by atoms with Gasteiger partial charge in [0.2, 0.25) is 0 Å². The minimum Gasteiger partial charge on any atom is -0.507 e. The number of likely N-dealkylation sites (tertiary alicyclic amines) is 1. The number of oxime groups is 1. The zero-order chi connectivity index (χ0) is 14.7. The Labute approximate surface area is 115 Å². The quantitative estimate of drug-likeness (QED) is 0.275. The first-order chi connectivity index (χ1) is 9.54. The standard InChI is InChI=1S/C13H17N3O4/c14-12(15-20)8-4-6-16(7-5-8)13(19)11-9(17)2-1-3-10(11)18/h1-3,8,17-18,20H,4-7H2,(H2,14,15). The van der Waals surface area contributed by atoms with Gasteiger partial charge in [-0.2, -0.15) is 0 Å². The highest BCUT2D eigenvalue weighted by molar-refractivity contribution is 5.99. The normalized spacial score (nSPS) is 17.2. The van der Waals surface area contributed by atoms with Crippen LogP contribution in [0.2, 0.25) is 0 Å². The molecule has 0 unspecified atom stereocenters. The van der Waals surface area contributed by atoms with Gasteiger partial charge in [-0.15, -0.1) is 0 Å². The largest absolute Gasteiger partial charge is 0.507 e. The van der Waals surface area contributed by atoms with E-state index in [4.69, 9.17) is 10.9 Å².